The summed E-state index contributed by atoms with van der Waals surface area (Å²) in [5, 5.41) is 3.34. The molecule has 0 unspecified atom stereocenters. The van der Waals surface area contributed by atoms with Crippen molar-refractivity contribution < 1.29 is 4.74 Å². The lowest BCUT2D eigenvalue weighted by molar-refractivity contribution is 0.186. The van der Waals surface area contributed by atoms with Gasteiger partial charge in [0, 0.05) is 37.6 Å². The smallest absolute Gasteiger partial charge is 0.0641 e. The molecule has 0 radical (unpaired) electrons. The molecule has 0 aliphatic carbocycles. The van der Waals surface area contributed by atoms with E-state index in [0.717, 1.165) is 19.7 Å². The number of hydrogen-bond donors (Lipinski definition) is 1. The highest BCUT2D eigenvalue weighted by molar-refractivity contribution is 5.32. The number of aryl methyl sites for hydroxylation is 1. The maximum absolute atomic E-state index is 5.10. The zero-order valence-electron chi connectivity index (χ0n) is 9.13. The second kappa shape index (κ2) is 3.75. The molecule has 0 aromatic carbocycles. The van der Waals surface area contributed by atoms with Crippen molar-refractivity contribution in [2.24, 2.45) is 0 Å². The Morgan fingerprint density at radius 3 is 2.86 bits per heavy atom. The first-order valence-corrected chi connectivity index (χ1v) is 5.13. The van der Waals surface area contributed by atoms with E-state index in [-0.39, 0.29) is 0 Å². The summed E-state index contributed by atoms with van der Waals surface area (Å²) in [6.45, 7) is 7.23. The van der Waals surface area contributed by atoms with Gasteiger partial charge in [0.25, 0.3) is 0 Å². The third-order valence-corrected chi connectivity index (χ3v) is 2.92. The molecule has 1 N–H and O–H groups in total. The van der Waals surface area contributed by atoms with Crippen LogP contribution in [0.1, 0.15) is 23.0 Å². The Morgan fingerprint density at radius 2 is 2.29 bits per heavy atom. The maximum atomic E-state index is 5.10. The van der Waals surface area contributed by atoms with Crippen LogP contribution in [-0.2, 0) is 11.3 Å². The molecular weight excluding hydrogens is 176 g/mol. The summed E-state index contributed by atoms with van der Waals surface area (Å²) in [5.41, 5.74) is 4.18. The molecule has 0 saturated carbocycles. The van der Waals surface area contributed by atoms with E-state index >= 15 is 0 Å². The van der Waals surface area contributed by atoms with Crippen molar-refractivity contribution in [1.29, 1.82) is 0 Å². The van der Waals surface area contributed by atoms with Gasteiger partial charge in [-0.15, -0.1) is 0 Å². The van der Waals surface area contributed by atoms with Crippen LogP contribution in [0.5, 0.6) is 0 Å². The van der Waals surface area contributed by atoms with Crippen molar-refractivity contribution in [3.05, 3.63) is 23.0 Å². The molecule has 1 aromatic heterocycles. The molecule has 1 aromatic rings. The minimum absolute atomic E-state index is 0.609. The van der Waals surface area contributed by atoms with Crippen LogP contribution in [0.3, 0.4) is 0 Å². The van der Waals surface area contributed by atoms with Gasteiger partial charge in [-0.3, -0.25) is 0 Å². The number of nitrogens with zero attached hydrogens (tertiary/aromatic N) is 1. The van der Waals surface area contributed by atoms with E-state index in [1.54, 1.807) is 7.11 Å². The minimum Gasteiger partial charge on any atom is -0.383 e. The van der Waals surface area contributed by atoms with Crippen LogP contribution >= 0.6 is 0 Å². The molecule has 0 amide bonds. The predicted octanol–water partition coefficient (Wildman–Crippen LogP) is 1.40. The molecule has 1 fully saturated rings. The Labute approximate surface area is 85.1 Å². The summed E-state index contributed by atoms with van der Waals surface area (Å²) >= 11 is 0. The van der Waals surface area contributed by atoms with Crippen molar-refractivity contribution in [2.75, 3.05) is 20.3 Å². The SMILES string of the molecule is COCCn1c(C)cc([C@H]2CN2)c1C. The number of rotatable bonds is 4. The fourth-order valence-corrected chi connectivity index (χ4v) is 1.99. The minimum atomic E-state index is 0.609. The second-order valence-corrected chi connectivity index (χ2v) is 3.93. The highest BCUT2D eigenvalue weighted by Crippen LogP contribution is 2.27. The van der Waals surface area contributed by atoms with Gasteiger partial charge >= 0.3 is 0 Å². The summed E-state index contributed by atoms with van der Waals surface area (Å²) in [6.07, 6.45) is 0. The zero-order valence-corrected chi connectivity index (χ0v) is 9.13. The van der Waals surface area contributed by atoms with Crippen LogP contribution in [0.4, 0.5) is 0 Å². The van der Waals surface area contributed by atoms with Crippen molar-refractivity contribution in [2.45, 2.75) is 26.4 Å². The van der Waals surface area contributed by atoms with Crippen molar-refractivity contribution in [1.82, 2.24) is 9.88 Å². The first-order valence-electron chi connectivity index (χ1n) is 5.13. The number of ether oxygens (including phenoxy) is 1. The number of methoxy groups -OCH3 is 1. The summed E-state index contributed by atoms with van der Waals surface area (Å²) in [4.78, 5) is 0. The molecule has 3 nitrogen and oxygen atoms in total. The summed E-state index contributed by atoms with van der Waals surface area (Å²) in [6, 6.07) is 2.90. The highest BCUT2D eigenvalue weighted by atomic mass is 16.5. The number of nitrogens with one attached hydrogen (secondary N) is 1. The fourth-order valence-electron chi connectivity index (χ4n) is 1.99. The zero-order chi connectivity index (χ0) is 10.1. The van der Waals surface area contributed by atoms with Crippen LogP contribution in [0.15, 0.2) is 6.07 Å². The molecule has 1 atom stereocenters. The van der Waals surface area contributed by atoms with Crippen molar-refractivity contribution in [3.63, 3.8) is 0 Å². The lowest BCUT2D eigenvalue weighted by Crippen LogP contribution is -2.07. The van der Waals surface area contributed by atoms with E-state index in [1.807, 2.05) is 0 Å². The van der Waals surface area contributed by atoms with Gasteiger partial charge in [0.15, 0.2) is 0 Å². The molecule has 3 heteroatoms. The van der Waals surface area contributed by atoms with E-state index in [9.17, 15) is 0 Å². The monoisotopic (exact) mass is 194 g/mol. The lowest BCUT2D eigenvalue weighted by Gasteiger charge is -2.08. The summed E-state index contributed by atoms with van der Waals surface area (Å²) in [5.74, 6) is 0. The molecular formula is C11H18N2O. The summed E-state index contributed by atoms with van der Waals surface area (Å²) in [7, 11) is 1.75. The van der Waals surface area contributed by atoms with Crippen LogP contribution in [0.25, 0.3) is 0 Å². The topological polar surface area (TPSA) is 36.1 Å². The van der Waals surface area contributed by atoms with Gasteiger partial charge in [0.1, 0.15) is 0 Å². The quantitative estimate of drug-likeness (QED) is 0.735. The fraction of sp³-hybridized carbons (Fsp3) is 0.636. The summed E-state index contributed by atoms with van der Waals surface area (Å²) < 4.78 is 7.44. The molecule has 0 bridgehead atoms. The van der Waals surface area contributed by atoms with Crippen molar-refractivity contribution >= 4 is 0 Å². The maximum Gasteiger partial charge on any atom is 0.0641 e. The third-order valence-electron chi connectivity index (χ3n) is 2.92. The standard InChI is InChI=1S/C11H18N2O/c1-8-6-10(11-7-12-11)9(2)13(8)4-5-14-3/h6,11-12H,4-5,7H2,1-3H3/t11-/m1/s1. The van der Waals surface area contributed by atoms with Gasteiger partial charge in [0.2, 0.25) is 0 Å². The molecule has 1 saturated heterocycles. The Balaban J connectivity index is 2.20. The number of aromatic nitrogens is 1. The van der Waals surface area contributed by atoms with Gasteiger partial charge < -0.3 is 14.6 Å². The highest BCUT2D eigenvalue weighted by Gasteiger charge is 2.26. The van der Waals surface area contributed by atoms with Gasteiger partial charge in [-0.1, -0.05) is 0 Å². The van der Waals surface area contributed by atoms with Crippen LogP contribution in [0, 0.1) is 13.8 Å². The van der Waals surface area contributed by atoms with Crippen LogP contribution in [-0.4, -0.2) is 24.8 Å². The predicted molar refractivity (Wildman–Crippen MR) is 56.5 cm³/mol. The van der Waals surface area contributed by atoms with Gasteiger partial charge in [0.05, 0.1) is 6.61 Å². The van der Waals surface area contributed by atoms with Gasteiger partial charge in [-0.2, -0.15) is 0 Å². The molecule has 14 heavy (non-hydrogen) atoms. The van der Waals surface area contributed by atoms with Crippen molar-refractivity contribution in [3.8, 4) is 0 Å². The van der Waals surface area contributed by atoms with E-state index in [1.165, 1.54) is 17.0 Å². The molecule has 1 aliphatic heterocycles. The molecule has 1 aliphatic rings. The van der Waals surface area contributed by atoms with E-state index in [2.05, 4.69) is 29.8 Å². The van der Waals surface area contributed by atoms with Crippen LogP contribution < -0.4 is 5.32 Å². The van der Waals surface area contributed by atoms with E-state index in [4.69, 9.17) is 4.74 Å². The lowest BCUT2D eigenvalue weighted by atomic mass is 10.2. The molecule has 78 valence electrons. The Hall–Kier alpha value is -0.800. The van der Waals surface area contributed by atoms with Gasteiger partial charge in [-0.25, -0.2) is 0 Å². The Morgan fingerprint density at radius 1 is 1.57 bits per heavy atom. The van der Waals surface area contributed by atoms with E-state index in [0.29, 0.717) is 6.04 Å². The van der Waals surface area contributed by atoms with Crippen LogP contribution in [0.2, 0.25) is 0 Å². The Bertz CT molecular complexity index is 326. The third kappa shape index (κ3) is 1.70. The number of hydrogen-bond acceptors (Lipinski definition) is 2. The van der Waals surface area contributed by atoms with E-state index < -0.39 is 0 Å². The first-order chi connectivity index (χ1) is 6.74. The normalized spacial score (nSPS) is 20.1. The second-order valence-electron chi connectivity index (χ2n) is 3.93. The molecule has 0 spiro atoms. The largest absolute Gasteiger partial charge is 0.383 e. The molecule has 2 heterocycles. The Kier molecular flexibility index (Phi) is 2.61. The average molecular weight is 194 g/mol. The first kappa shape index (κ1) is 9.74. The molecule has 2 rings (SSSR count). The van der Waals surface area contributed by atoms with Gasteiger partial charge in [-0.05, 0) is 25.5 Å². The average Bonchev–Trinajstić information content (AvgIpc) is 2.94.